The average molecular weight is 474 g/mol. The van der Waals surface area contributed by atoms with Crippen molar-refractivity contribution in [3.63, 3.8) is 0 Å². The Hall–Kier alpha value is -2.32. The first-order chi connectivity index (χ1) is 14.8. The van der Waals surface area contributed by atoms with Crippen LogP contribution in [0, 0.1) is 20.8 Å². The standard InChI is InChI=1S/C9H16Si.3C7H7.Ti/c1-10(2,3)8-9-6-4-5-7-9;3*1-7-5-3-2-4-6-7;/h4-6H,7-8H2,1-3H3;3*2-6H,1H2;/q;3*-1;+3. The van der Waals surface area contributed by atoms with Gasteiger partial charge in [-0.25, -0.2) is 0 Å². The van der Waals surface area contributed by atoms with Crippen molar-refractivity contribution in [2.24, 2.45) is 0 Å². The van der Waals surface area contributed by atoms with E-state index in [1.54, 1.807) is 5.57 Å². The molecule has 0 saturated heterocycles. The number of hydrogen-bond acceptors (Lipinski definition) is 0. The number of allylic oxidation sites excluding steroid dienone is 4. The van der Waals surface area contributed by atoms with E-state index in [0.29, 0.717) is 0 Å². The van der Waals surface area contributed by atoms with Gasteiger partial charge in [-0.15, -0.1) is 36.4 Å². The molecule has 0 spiro atoms. The first-order valence-electron chi connectivity index (χ1n) is 10.7. The fourth-order valence-electron chi connectivity index (χ4n) is 2.74. The predicted octanol–water partition coefficient (Wildman–Crippen LogP) is 8.81. The Labute approximate surface area is 213 Å². The Bertz CT molecular complexity index is 787. The fraction of sp³-hybridized carbons (Fsp3) is 0.167. The summed E-state index contributed by atoms with van der Waals surface area (Å²) in [7, 11) is -0.831. The molecule has 3 aromatic carbocycles. The second kappa shape index (κ2) is 17.3. The summed E-state index contributed by atoms with van der Waals surface area (Å²) in [4.78, 5) is 0. The maximum Gasteiger partial charge on any atom is 3.00 e. The maximum atomic E-state index is 3.72. The van der Waals surface area contributed by atoms with Gasteiger partial charge in [0, 0.05) is 8.07 Å². The second-order valence-electron chi connectivity index (χ2n) is 8.65. The van der Waals surface area contributed by atoms with Gasteiger partial charge < -0.3 is 0 Å². The summed E-state index contributed by atoms with van der Waals surface area (Å²) in [5.41, 5.74) is 4.85. The van der Waals surface area contributed by atoms with E-state index in [4.69, 9.17) is 0 Å². The van der Waals surface area contributed by atoms with Crippen LogP contribution < -0.4 is 0 Å². The van der Waals surface area contributed by atoms with Crippen LogP contribution in [0.15, 0.2) is 115 Å². The van der Waals surface area contributed by atoms with Gasteiger partial charge in [-0.3, -0.25) is 0 Å². The minimum Gasteiger partial charge on any atom is -0.199 e. The SMILES string of the molecule is C[Si](C)(C)CC1=CC=CC1.[CH2-]c1ccccc1.[CH2-]c1ccccc1.[CH2-]c1ccccc1.[Ti+3]. The Morgan fingerprint density at radius 3 is 1.16 bits per heavy atom. The summed E-state index contributed by atoms with van der Waals surface area (Å²) >= 11 is 0. The van der Waals surface area contributed by atoms with Gasteiger partial charge in [-0.2, -0.15) is 73.9 Å². The third kappa shape index (κ3) is 17.4. The normalized spacial score (nSPS) is 11.2. The summed E-state index contributed by atoms with van der Waals surface area (Å²) in [5, 5.41) is 0. The van der Waals surface area contributed by atoms with Gasteiger partial charge >= 0.3 is 21.7 Å². The van der Waals surface area contributed by atoms with Gasteiger partial charge in [-0.05, 0) is 12.5 Å². The van der Waals surface area contributed by atoms with Crippen LogP contribution in [-0.2, 0) is 21.7 Å². The van der Waals surface area contributed by atoms with Crippen LogP contribution >= 0.6 is 0 Å². The van der Waals surface area contributed by atoms with Gasteiger partial charge in [0.25, 0.3) is 0 Å². The van der Waals surface area contributed by atoms with Crippen LogP contribution in [0.4, 0.5) is 0 Å². The monoisotopic (exact) mass is 473 g/mol. The molecule has 0 saturated carbocycles. The van der Waals surface area contributed by atoms with Crippen LogP contribution in [0.3, 0.4) is 0 Å². The molecule has 1 aliphatic carbocycles. The molecule has 165 valence electrons. The third-order valence-corrected chi connectivity index (χ3v) is 5.65. The molecule has 0 aromatic heterocycles. The van der Waals surface area contributed by atoms with Crippen molar-refractivity contribution in [3.8, 4) is 0 Å². The smallest absolute Gasteiger partial charge is 0.199 e. The zero-order chi connectivity index (χ0) is 23.0. The Morgan fingerprint density at radius 1 is 0.625 bits per heavy atom. The first kappa shape index (κ1) is 29.7. The minimum absolute atomic E-state index is 0. The summed E-state index contributed by atoms with van der Waals surface area (Å²) < 4.78 is 0. The van der Waals surface area contributed by atoms with Gasteiger partial charge in [0.05, 0.1) is 0 Å². The molecule has 0 N–H and O–H groups in total. The molecule has 3 aromatic rings. The predicted molar refractivity (Wildman–Crippen MR) is 143 cm³/mol. The minimum atomic E-state index is -0.831. The Kier molecular flexibility index (Phi) is 16.0. The molecule has 0 unspecified atom stereocenters. The third-order valence-electron chi connectivity index (χ3n) is 4.13. The van der Waals surface area contributed by atoms with E-state index in [1.165, 1.54) is 12.5 Å². The molecular weight excluding hydrogens is 436 g/mol. The molecular formula is C30H37SiTi. The van der Waals surface area contributed by atoms with Crippen molar-refractivity contribution in [2.75, 3.05) is 0 Å². The molecule has 0 aliphatic heterocycles. The van der Waals surface area contributed by atoms with Crippen molar-refractivity contribution in [3.05, 3.63) is 152 Å². The van der Waals surface area contributed by atoms with Crippen LogP contribution in [0.1, 0.15) is 23.1 Å². The van der Waals surface area contributed by atoms with E-state index in [-0.39, 0.29) is 21.7 Å². The largest absolute Gasteiger partial charge is 3.00 e. The fourth-order valence-corrected chi connectivity index (χ4v) is 4.36. The molecule has 0 nitrogen and oxygen atoms in total. The quantitative estimate of drug-likeness (QED) is 0.258. The molecule has 2 heteroatoms. The maximum absolute atomic E-state index is 3.72. The van der Waals surface area contributed by atoms with Crippen molar-refractivity contribution in [1.82, 2.24) is 0 Å². The summed E-state index contributed by atoms with van der Waals surface area (Å²) in [6.07, 6.45) is 7.91. The zero-order valence-electron chi connectivity index (χ0n) is 19.9. The van der Waals surface area contributed by atoms with E-state index in [9.17, 15) is 0 Å². The number of benzene rings is 3. The first-order valence-corrected chi connectivity index (χ1v) is 14.4. The van der Waals surface area contributed by atoms with Crippen molar-refractivity contribution < 1.29 is 21.7 Å². The number of rotatable bonds is 2. The second-order valence-corrected chi connectivity index (χ2v) is 14.1. The summed E-state index contributed by atoms with van der Waals surface area (Å²) in [6, 6.07) is 31.0. The van der Waals surface area contributed by atoms with E-state index in [1.807, 2.05) is 91.0 Å². The van der Waals surface area contributed by atoms with Crippen molar-refractivity contribution >= 4 is 8.07 Å². The molecule has 0 fully saturated rings. The molecule has 0 atom stereocenters. The van der Waals surface area contributed by atoms with Crippen LogP contribution in [0.5, 0.6) is 0 Å². The van der Waals surface area contributed by atoms with E-state index in [2.05, 4.69) is 58.6 Å². The van der Waals surface area contributed by atoms with E-state index < -0.39 is 8.07 Å². The van der Waals surface area contributed by atoms with Crippen molar-refractivity contribution in [2.45, 2.75) is 32.1 Å². The summed E-state index contributed by atoms with van der Waals surface area (Å²) in [5.74, 6) is 0. The van der Waals surface area contributed by atoms with E-state index >= 15 is 0 Å². The molecule has 0 heterocycles. The zero-order valence-corrected chi connectivity index (χ0v) is 22.5. The van der Waals surface area contributed by atoms with Crippen LogP contribution in [-0.4, -0.2) is 8.07 Å². The molecule has 1 aliphatic rings. The molecule has 0 bridgehead atoms. The average Bonchev–Trinajstić information content (AvgIpc) is 3.23. The van der Waals surface area contributed by atoms with E-state index in [0.717, 1.165) is 16.7 Å². The Morgan fingerprint density at radius 2 is 0.969 bits per heavy atom. The van der Waals surface area contributed by atoms with Crippen LogP contribution in [0.2, 0.25) is 25.7 Å². The molecule has 4 rings (SSSR count). The molecule has 1 radical (unpaired) electrons. The topological polar surface area (TPSA) is 0 Å². The summed E-state index contributed by atoms with van der Waals surface area (Å²) in [6.45, 7) is 18.4. The van der Waals surface area contributed by atoms with Gasteiger partial charge in [0.1, 0.15) is 0 Å². The Balaban J connectivity index is 0.000000401. The molecule has 32 heavy (non-hydrogen) atoms. The molecule has 0 amide bonds. The van der Waals surface area contributed by atoms with Gasteiger partial charge in [0.15, 0.2) is 0 Å². The van der Waals surface area contributed by atoms with Gasteiger partial charge in [-0.1, -0.05) is 61.6 Å². The van der Waals surface area contributed by atoms with Gasteiger partial charge in [0.2, 0.25) is 0 Å². The van der Waals surface area contributed by atoms with Crippen LogP contribution in [0.25, 0.3) is 0 Å². The number of hydrogen-bond donors (Lipinski definition) is 0. The van der Waals surface area contributed by atoms with Crippen molar-refractivity contribution in [1.29, 1.82) is 0 Å².